The molecule has 1 saturated carbocycles. The molecule has 4 heteroatoms. The lowest BCUT2D eigenvalue weighted by molar-refractivity contribution is 0.0817. The summed E-state index contributed by atoms with van der Waals surface area (Å²) >= 11 is 0. The number of nitrogens with zero attached hydrogens (tertiary/aromatic N) is 1. The molecule has 2 fully saturated rings. The summed E-state index contributed by atoms with van der Waals surface area (Å²) in [4.78, 5) is 2.62. The minimum Gasteiger partial charge on any atom is -0.497 e. The molecule has 1 aliphatic carbocycles. The molecular formula is C17H26N2O2. The molecule has 0 spiro atoms. The average Bonchev–Trinajstić information content (AvgIpc) is 2.51. The van der Waals surface area contributed by atoms with Gasteiger partial charge in [0.1, 0.15) is 11.5 Å². The van der Waals surface area contributed by atoms with Crippen molar-refractivity contribution in [2.45, 2.75) is 25.3 Å². The van der Waals surface area contributed by atoms with Gasteiger partial charge in [0.25, 0.3) is 0 Å². The third-order valence-electron chi connectivity index (χ3n) is 4.90. The van der Waals surface area contributed by atoms with E-state index in [9.17, 15) is 0 Å². The predicted octanol–water partition coefficient (Wildman–Crippen LogP) is 2.45. The summed E-state index contributed by atoms with van der Waals surface area (Å²) in [6, 6.07) is 6.66. The van der Waals surface area contributed by atoms with Crippen molar-refractivity contribution in [3.8, 4) is 11.5 Å². The van der Waals surface area contributed by atoms with Crippen LogP contribution in [-0.4, -0.2) is 45.3 Å². The molecule has 0 amide bonds. The van der Waals surface area contributed by atoms with Gasteiger partial charge in [-0.1, -0.05) is 6.42 Å². The highest BCUT2D eigenvalue weighted by atomic mass is 16.5. The van der Waals surface area contributed by atoms with E-state index in [4.69, 9.17) is 9.47 Å². The van der Waals surface area contributed by atoms with Crippen molar-refractivity contribution < 1.29 is 9.47 Å². The highest BCUT2D eigenvalue weighted by Gasteiger charge is 2.35. The molecule has 0 aromatic heterocycles. The van der Waals surface area contributed by atoms with Crippen LogP contribution in [0.5, 0.6) is 11.5 Å². The third kappa shape index (κ3) is 3.01. The Morgan fingerprint density at radius 2 is 1.90 bits per heavy atom. The van der Waals surface area contributed by atoms with Crippen LogP contribution < -0.4 is 14.8 Å². The standard InChI is InChI=1S/C17H26N2O2/c1-20-14-6-7-16(21-2)15(12-14)17(13-4-3-5-13)19-10-8-18-9-11-19/h6-7,12-13,17-18H,3-5,8-11H2,1-2H3/t17-/m1/s1. The lowest BCUT2D eigenvalue weighted by atomic mass is 9.76. The lowest BCUT2D eigenvalue weighted by Gasteiger charge is -2.43. The average molecular weight is 290 g/mol. The second-order valence-electron chi connectivity index (χ2n) is 6.03. The largest absolute Gasteiger partial charge is 0.497 e. The number of methoxy groups -OCH3 is 2. The zero-order valence-corrected chi connectivity index (χ0v) is 13.1. The Labute approximate surface area is 127 Å². The molecule has 0 unspecified atom stereocenters. The van der Waals surface area contributed by atoms with Crippen LogP contribution in [0.2, 0.25) is 0 Å². The van der Waals surface area contributed by atoms with Crippen molar-refractivity contribution in [3.63, 3.8) is 0 Å². The zero-order valence-electron chi connectivity index (χ0n) is 13.1. The minimum absolute atomic E-state index is 0.464. The van der Waals surface area contributed by atoms with Crippen molar-refractivity contribution >= 4 is 0 Å². The Bertz CT molecular complexity index is 468. The van der Waals surface area contributed by atoms with Crippen molar-refractivity contribution in [1.82, 2.24) is 10.2 Å². The summed E-state index contributed by atoms with van der Waals surface area (Å²) in [7, 11) is 3.50. The molecule has 1 heterocycles. The molecule has 1 atom stereocenters. The van der Waals surface area contributed by atoms with E-state index in [2.05, 4.69) is 16.3 Å². The van der Waals surface area contributed by atoms with Gasteiger partial charge in [-0.15, -0.1) is 0 Å². The molecule has 1 aromatic carbocycles. The topological polar surface area (TPSA) is 33.7 Å². The summed E-state index contributed by atoms with van der Waals surface area (Å²) in [5.41, 5.74) is 1.29. The Balaban J connectivity index is 1.94. The predicted molar refractivity (Wildman–Crippen MR) is 84.1 cm³/mol. The van der Waals surface area contributed by atoms with Crippen molar-refractivity contribution in [2.75, 3.05) is 40.4 Å². The van der Waals surface area contributed by atoms with Gasteiger partial charge < -0.3 is 14.8 Å². The number of hydrogen-bond acceptors (Lipinski definition) is 4. The van der Waals surface area contributed by atoms with Gasteiger partial charge in [0.05, 0.1) is 14.2 Å². The molecular weight excluding hydrogens is 264 g/mol. The van der Waals surface area contributed by atoms with Gasteiger partial charge in [-0.05, 0) is 37.0 Å². The number of piperazine rings is 1. The molecule has 1 aliphatic heterocycles. The minimum atomic E-state index is 0.464. The van der Waals surface area contributed by atoms with Crippen molar-refractivity contribution in [2.24, 2.45) is 5.92 Å². The fourth-order valence-electron chi connectivity index (χ4n) is 3.54. The third-order valence-corrected chi connectivity index (χ3v) is 4.90. The number of ether oxygens (including phenoxy) is 2. The first-order valence-electron chi connectivity index (χ1n) is 8.00. The second kappa shape index (κ2) is 6.67. The van der Waals surface area contributed by atoms with E-state index in [0.29, 0.717) is 6.04 Å². The normalized spacial score (nSPS) is 21.6. The van der Waals surface area contributed by atoms with Crippen LogP contribution in [0.25, 0.3) is 0 Å². The van der Waals surface area contributed by atoms with Crippen molar-refractivity contribution in [1.29, 1.82) is 0 Å². The number of rotatable bonds is 5. The lowest BCUT2D eigenvalue weighted by Crippen LogP contribution is -2.47. The monoisotopic (exact) mass is 290 g/mol. The van der Waals surface area contributed by atoms with Crippen LogP contribution in [0.4, 0.5) is 0 Å². The Kier molecular flexibility index (Phi) is 4.66. The van der Waals surface area contributed by atoms with Gasteiger partial charge in [0, 0.05) is 37.8 Å². The second-order valence-corrected chi connectivity index (χ2v) is 6.03. The summed E-state index contributed by atoms with van der Waals surface area (Å²) < 4.78 is 11.1. The number of nitrogens with one attached hydrogen (secondary N) is 1. The van der Waals surface area contributed by atoms with Gasteiger partial charge in [0.15, 0.2) is 0 Å². The first-order chi connectivity index (χ1) is 10.3. The smallest absolute Gasteiger partial charge is 0.123 e. The molecule has 0 radical (unpaired) electrons. The van der Waals surface area contributed by atoms with Crippen LogP contribution in [-0.2, 0) is 0 Å². The molecule has 1 aromatic rings. The molecule has 1 N–H and O–H groups in total. The maximum absolute atomic E-state index is 5.64. The Hall–Kier alpha value is -1.26. The van der Waals surface area contributed by atoms with Crippen LogP contribution in [0, 0.1) is 5.92 Å². The number of benzene rings is 1. The Morgan fingerprint density at radius 1 is 1.14 bits per heavy atom. The first-order valence-corrected chi connectivity index (χ1v) is 8.00. The fourth-order valence-corrected chi connectivity index (χ4v) is 3.54. The van der Waals surface area contributed by atoms with E-state index in [1.165, 1.54) is 24.8 Å². The molecule has 116 valence electrons. The molecule has 3 rings (SSSR count). The van der Waals surface area contributed by atoms with E-state index in [1.54, 1.807) is 14.2 Å². The van der Waals surface area contributed by atoms with Gasteiger partial charge in [-0.2, -0.15) is 0 Å². The zero-order chi connectivity index (χ0) is 14.7. The van der Waals surface area contributed by atoms with E-state index in [-0.39, 0.29) is 0 Å². The van der Waals surface area contributed by atoms with Gasteiger partial charge in [-0.3, -0.25) is 4.90 Å². The van der Waals surface area contributed by atoms with E-state index in [1.807, 2.05) is 12.1 Å². The van der Waals surface area contributed by atoms with Crippen LogP contribution in [0.1, 0.15) is 30.9 Å². The maximum atomic E-state index is 5.64. The molecule has 0 bridgehead atoms. The quantitative estimate of drug-likeness (QED) is 0.903. The summed E-state index contributed by atoms with van der Waals surface area (Å²) in [5.74, 6) is 2.67. The molecule has 1 saturated heterocycles. The first kappa shape index (κ1) is 14.7. The van der Waals surface area contributed by atoms with E-state index < -0.39 is 0 Å². The van der Waals surface area contributed by atoms with Gasteiger partial charge in [-0.25, -0.2) is 0 Å². The van der Waals surface area contributed by atoms with Crippen molar-refractivity contribution in [3.05, 3.63) is 23.8 Å². The van der Waals surface area contributed by atoms with Crippen LogP contribution in [0.3, 0.4) is 0 Å². The number of hydrogen-bond donors (Lipinski definition) is 1. The SMILES string of the molecule is COc1ccc(OC)c([C@@H](C2CCC2)N2CCNCC2)c1. The highest BCUT2D eigenvalue weighted by Crippen LogP contribution is 2.45. The van der Waals surface area contributed by atoms with E-state index >= 15 is 0 Å². The van der Waals surface area contributed by atoms with Crippen LogP contribution >= 0.6 is 0 Å². The molecule has 21 heavy (non-hydrogen) atoms. The summed E-state index contributed by atoms with van der Waals surface area (Å²) in [6.07, 6.45) is 4.02. The molecule has 2 aliphatic rings. The van der Waals surface area contributed by atoms with E-state index in [0.717, 1.165) is 43.6 Å². The van der Waals surface area contributed by atoms with Crippen LogP contribution in [0.15, 0.2) is 18.2 Å². The summed E-state index contributed by atoms with van der Waals surface area (Å²) in [5, 5.41) is 3.45. The summed E-state index contributed by atoms with van der Waals surface area (Å²) in [6.45, 7) is 4.38. The van der Waals surface area contributed by atoms with Gasteiger partial charge in [0.2, 0.25) is 0 Å². The molecule has 4 nitrogen and oxygen atoms in total. The highest BCUT2D eigenvalue weighted by molar-refractivity contribution is 5.43. The fraction of sp³-hybridized carbons (Fsp3) is 0.647. The maximum Gasteiger partial charge on any atom is 0.123 e. The Morgan fingerprint density at radius 3 is 2.48 bits per heavy atom. The van der Waals surface area contributed by atoms with Gasteiger partial charge >= 0.3 is 0 Å².